The predicted molar refractivity (Wildman–Crippen MR) is 74.7 cm³/mol. The standard InChI is InChI=1S/C15H15FN2O/c1-10-6-8-11(9-7-10)18(2)15(19)12-4-3-5-13(16)14(12)17/h3-9H,17H2,1-2H3. The number of anilines is 2. The van der Waals surface area contributed by atoms with Crippen LogP contribution in [0.3, 0.4) is 0 Å². The molecule has 0 fully saturated rings. The van der Waals surface area contributed by atoms with Gasteiger partial charge in [-0.05, 0) is 31.2 Å². The van der Waals surface area contributed by atoms with Crippen LogP contribution < -0.4 is 10.6 Å². The first-order chi connectivity index (χ1) is 9.00. The van der Waals surface area contributed by atoms with Crippen LogP contribution in [0.15, 0.2) is 42.5 Å². The summed E-state index contributed by atoms with van der Waals surface area (Å²) in [6.07, 6.45) is 0. The fourth-order valence-electron chi connectivity index (χ4n) is 1.79. The van der Waals surface area contributed by atoms with Crippen molar-refractivity contribution in [2.24, 2.45) is 0 Å². The molecule has 0 aromatic heterocycles. The van der Waals surface area contributed by atoms with E-state index in [1.165, 1.54) is 23.1 Å². The van der Waals surface area contributed by atoms with Crippen LogP contribution in [0.1, 0.15) is 15.9 Å². The third-order valence-corrected chi connectivity index (χ3v) is 3.01. The molecular weight excluding hydrogens is 243 g/mol. The smallest absolute Gasteiger partial charge is 0.260 e. The number of amides is 1. The van der Waals surface area contributed by atoms with Gasteiger partial charge in [-0.1, -0.05) is 23.8 Å². The number of hydrogen-bond donors (Lipinski definition) is 1. The molecule has 2 aromatic carbocycles. The third-order valence-electron chi connectivity index (χ3n) is 3.01. The molecule has 3 nitrogen and oxygen atoms in total. The van der Waals surface area contributed by atoms with Crippen LogP contribution in [0.25, 0.3) is 0 Å². The van der Waals surface area contributed by atoms with Crippen LogP contribution in [0, 0.1) is 12.7 Å². The Balaban J connectivity index is 2.33. The van der Waals surface area contributed by atoms with Crippen molar-refractivity contribution < 1.29 is 9.18 Å². The Morgan fingerprint density at radius 2 is 1.79 bits per heavy atom. The molecule has 0 saturated carbocycles. The summed E-state index contributed by atoms with van der Waals surface area (Å²) in [6.45, 7) is 1.97. The Hall–Kier alpha value is -2.36. The first-order valence-electron chi connectivity index (χ1n) is 5.89. The molecule has 0 saturated heterocycles. The van der Waals surface area contributed by atoms with Gasteiger partial charge in [-0.3, -0.25) is 4.79 Å². The SMILES string of the molecule is Cc1ccc(N(C)C(=O)c2cccc(F)c2N)cc1. The Morgan fingerprint density at radius 1 is 1.16 bits per heavy atom. The van der Waals surface area contributed by atoms with Crippen LogP contribution in [-0.2, 0) is 0 Å². The van der Waals surface area contributed by atoms with Crippen molar-refractivity contribution in [2.45, 2.75) is 6.92 Å². The molecule has 19 heavy (non-hydrogen) atoms. The second kappa shape index (κ2) is 5.10. The summed E-state index contributed by atoms with van der Waals surface area (Å²) in [7, 11) is 1.64. The first-order valence-corrected chi connectivity index (χ1v) is 5.89. The molecule has 1 amide bonds. The lowest BCUT2D eigenvalue weighted by Crippen LogP contribution is -2.27. The molecule has 0 bridgehead atoms. The quantitative estimate of drug-likeness (QED) is 0.842. The zero-order chi connectivity index (χ0) is 14.0. The van der Waals surface area contributed by atoms with E-state index >= 15 is 0 Å². The molecule has 0 aliphatic carbocycles. The fraction of sp³-hybridized carbons (Fsp3) is 0.133. The molecule has 2 rings (SSSR count). The maximum absolute atomic E-state index is 13.4. The number of benzene rings is 2. The van der Waals surface area contributed by atoms with Crippen LogP contribution in [0.5, 0.6) is 0 Å². The van der Waals surface area contributed by atoms with Gasteiger partial charge in [0.1, 0.15) is 5.82 Å². The van der Waals surface area contributed by atoms with E-state index in [0.29, 0.717) is 0 Å². The van der Waals surface area contributed by atoms with E-state index in [9.17, 15) is 9.18 Å². The van der Waals surface area contributed by atoms with E-state index in [4.69, 9.17) is 5.73 Å². The molecule has 0 spiro atoms. The van der Waals surface area contributed by atoms with E-state index in [1.807, 2.05) is 31.2 Å². The summed E-state index contributed by atoms with van der Waals surface area (Å²) >= 11 is 0. The van der Waals surface area contributed by atoms with E-state index in [-0.39, 0.29) is 17.2 Å². The topological polar surface area (TPSA) is 46.3 Å². The van der Waals surface area contributed by atoms with Gasteiger partial charge in [-0.2, -0.15) is 0 Å². The normalized spacial score (nSPS) is 10.3. The van der Waals surface area contributed by atoms with Gasteiger partial charge in [0, 0.05) is 12.7 Å². The number of hydrogen-bond acceptors (Lipinski definition) is 2. The second-order valence-corrected chi connectivity index (χ2v) is 4.40. The molecule has 0 heterocycles. The summed E-state index contributed by atoms with van der Waals surface area (Å²) in [5.74, 6) is -0.913. The van der Waals surface area contributed by atoms with Gasteiger partial charge in [-0.25, -0.2) is 4.39 Å². The summed E-state index contributed by atoms with van der Waals surface area (Å²) in [5, 5.41) is 0. The van der Waals surface area contributed by atoms with Crippen molar-refractivity contribution in [2.75, 3.05) is 17.7 Å². The highest BCUT2D eigenvalue weighted by molar-refractivity contribution is 6.09. The van der Waals surface area contributed by atoms with Gasteiger partial charge in [0.25, 0.3) is 5.91 Å². The zero-order valence-corrected chi connectivity index (χ0v) is 10.9. The van der Waals surface area contributed by atoms with Gasteiger partial charge in [0.2, 0.25) is 0 Å². The van der Waals surface area contributed by atoms with E-state index in [2.05, 4.69) is 0 Å². The summed E-state index contributed by atoms with van der Waals surface area (Å²) in [5.41, 5.74) is 7.49. The molecule has 0 aliphatic heterocycles. The highest BCUT2D eigenvalue weighted by Gasteiger charge is 2.17. The van der Waals surface area contributed by atoms with Crippen LogP contribution in [0.4, 0.5) is 15.8 Å². The van der Waals surface area contributed by atoms with Crippen molar-refractivity contribution in [3.05, 3.63) is 59.4 Å². The molecule has 98 valence electrons. The molecule has 2 aromatic rings. The minimum atomic E-state index is -0.580. The second-order valence-electron chi connectivity index (χ2n) is 4.40. The monoisotopic (exact) mass is 258 g/mol. The van der Waals surface area contributed by atoms with Crippen molar-refractivity contribution in [3.63, 3.8) is 0 Å². The van der Waals surface area contributed by atoms with Gasteiger partial charge in [0.15, 0.2) is 0 Å². The number of halogens is 1. The number of carbonyl (C=O) groups excluding carboxylic acids is 1. The van der Waals surface area contributed by atoms with E-state index < -0.39 is 5.82 Å². The number of nitrogens with zero attached hydrogens (tertiary/aromatic N) is 1. The summed E-state index contributed by atoms with van der Waals surface area (Å²) < 4.78 is 13.4. The lowest BCUT2D eigenvalue weighted by atomic mass is 10.1. The Bertz CT molecular complexity index is 608. The minimum Gasteiger partial charge on any atom is -0.396 e. The van der Waals surface area contributed by atoms with E-state index in [1.54, 1.807) is 7.05 Å². The third kappa shape index (κ3) is 2.57. The van der Waals surface area contributed by atoms with Crippen molar-refractivity contribution in [3.8, 4) is 0 Å². The summed E-state index contributed by atoms with van der Waals surface area (Å²) in [4.78, 5) is 13.7. The first kappa shape index (κ1) is 13.1. The number of nitrogen functional groups attached to an aromatic ring is 1. The molecule has 0 atom stereocenters. The average molecular weight is 258 g/mol. The average Bonchev–Trinajstić information content (AvgIpc) is 2.41. The van der Waals surface area contributed by atoms with Crippen LogP contribution in [0.2, 0.25) is 0 Å². The van der Waals surface area contributed by atoms with Crippen LogP contribution >= 0.6 is 0 Å². The molecular formula is C15H15FN2O. The molecule has 2 N–H and O–H groups in total. The predicted octanol–water partition coefficient (Wildman–Crippen LogP) is 2.99. The fourth-order valence-corrected chi connectivity index (χ4v) is 1.79. The maximum atomic E-state index is 13.4. The Kier molecular flexibility index (Phi) is 3.51. The number of aryl methyl sites for hydroxylation is 1. The minimum absolute atomic E-state index is 0.119. The molecule has 0 aliphatic rings. The lowest BCUT2D eigenvalue weighted by Gasteiger charge is -2.18. The molecule has 0 unspecified atom stereocenters. The largest absolute Gasteiger partial charge is 0.396 e. The lowest BCUT2D eigenvalue weighted by molar-refractivity contribution is 0.0993. The summed E-state index contributed by atoms with van der Waals surface area (Å²) in [6, 6.07) is 11.7. The van der Waals surface area contributed by atoms with Gasteiger partial charge < -0.3 is 10.6 Å². The number of carbonyl (C=O) groups is 1. The van der Waals surface area contributed by atoms with Crippen molar-refractivity contribution >= 4 is 17.3 Å². The number of rotatable bonds is 2. The molecule has 0 radical (unpaired) electrons. The van der Waals surface area contributed by atoms with Gasteiger partial charge in [-0.15, -0.1) is 0 Å². The van der Waals surface area contributed by atoms with Gasteiger partial charge in [0.05, 0.1) is 11.3 Å². The van der Waals surface area contributed by atoms with Gasteiger partial charge >= 0.3 is 0 Å². The number of nitrogens with two attached hydrogens (primary N) is 1. The van der Waals surface area contributed by atoms with E-state index in [0.717, 1.165) is 11.3 Å². The Morgan fingerprint density at radius 3 is 2.42 bits per heavy atom. The molecule has 4 heteroatoms. The zero-order valence-electron chi connectivity index (χ0n) is 10.9. The maximum Gasteiger partial charge on any atom is 0.260 e. The highest BCUT2D eigenvalue weighted by atomic mass is 19.1. The van der Waals surface area contributed by atoms with Crippen molar-refractivity contribution in [1.29, 1.82) is 0 Å². The van der Waals surface area contributed by atoms with Crippen molar-refractivity contribution in [1.82, 2.24) is 0 Å². The van der Waals surface area contributed by atoms with Crippen LogP contribution in [-0.4, -0.2) is 13.0 Å². The number of para-hydroxylation sites is 1. The highest BCUT2D eigenvalue weighted by Crippen LogP contribution is 2.21. The Labute approximate surface area is 111 Å².